The van der Waals surface area contributed by atoms with Gasteiger partial charge in [-0.05, 0) is 36.3 Å². The summed E-state index contributed by atoms with van der Waals surface area (Å²) < 4.78 is 13.0. The quantitative estimate of drug-likeness (QED) is 0.443. The summed E-state index contributed by atoms with van der Waals surface area (Å²) in [6, 6.07) is 9.77. The molecule has 2 aliphatic rings. The van der Waals surface area contributed by atoms with Gasteiger partial charge in [-0.25, -0.2) is 19.9 Å². The van der Waals surface area contributed by atoms with Gasteiger partial charge in [-0.2, -0.15) is 0 Å². The molecule has 35 heavy (non-hydrogen) atoms. The van der Waals surface area contributed by atoms with Crippen molar-refractivity contribution in [3.8, 4) is 22.9 Å². The average molecular weight is 470 g/mol. The van der Waals surface area contributed by atoms with Crippen LogP contribution in [-0.2, 0) is 16.6 Å². The van der Waals surface area contributed by atoms with Crippen molar-refractivity contribution < 1.29 is 14.3 Å². The first-order valence-corrected chi connectivity index (χ1v) is 11.3. The van der Waals surface area contributed by atoms with E-state index in [-0.39, 0.29) is 12.0 Å². The Morgan fingerprint density at radius 1 is 1.17 bits per heavy atom. The fourth-order valence-electron chi connectivity index (χ4n) is 4.49. The number of carbonyl (C=O) groups is 1. The van der Waals surface area contributed by atoms with Crippen LogP contribution in [0.15, 0.2) is 48.9 Å². The van der Waals surface area contributed by atoms with Crippen LogP contribution in [0.25, 0.3) is 27.7 Å². The monoisotopic (exact) mass is 469 g/mol. The largest absolute Gasteiger partial charge is 0.424 e. The molecule has 6 rings (SSSR count). The van der Waals surface area contributed by atoms with Crippen LogP contribution in [0.3, 0.4) is 0 Å². The standard InChI is InChI=1S/C25H23N7O3/c1-14-7-9-27-25(30-14)35-17-5-3-15(4-6-17)19-20-22(26)28-13-29-23(20)31(2)21(19)16-8-10-32(11-16)24(33)18-12-34-18/h3-9,13,18H,10-12H2,1-2H3,(H2,26,28,29)/t18-/m1/s1. The number of anilines is 1. The summed E-state index contributed by atoms with van der Waals surface area (Å²) >= 11 is 0. The maximum absolute atomic E-state index is 12.6. The van der Waals surface area contributed by atoms with Gasteiger partial charge in [-0.3, -0.25) is 4.79 Å². The van der Waals surface area contributed by atoms with Crippen molar-refractivity contribution in [1.29, 1.82) is 0 Å². The smallest absolute Gasteiger partial charge is 0.322 e. The number of benzene rings is 1. The number of aromatic nitrogens is 5. The number of carbonyl (C=O) groups excluding carboxylic acids is 1. The Balaban J connectivity index is 1.40. The second-order valence-corrected chi connectivity index (χ2v) is 8.62. The molecule has 0 unspecified atom stereocenters. The Morgan fingerprint density at radius 2 is 1.97 bits per heavy atom. The van der Waals surface area contributed by atoms with Crippen molar-refractivity contribution in [2.24, 2.45) is 7.05 Å². The Kier molecular flexibility index (Phi) is 4.96. The molecular weight excluding hydrogens is 446 g/mol. The van der Waals surface area contributed by atoms with E-state index in [0.717, 1.165) is 39.1 Å². The van der Waals surface area contributed by atoms with Crippen LogP contribution in [0.5, 0.6) is 11.8 Å². The SMILES string of the molecule is Cc1ccnc(Oc2ccc(-c3c(C4=CCN(C(=O)[C@H]5CO5)C4)n(C)c4ncnc(N)c34)cc2)n1. The highest BCUT2D eigenvalue weighted by Crippen LogP contribution is 2.41. The molecule has 1 atom stereocenters. The molecule has 1 fully saturated rings. The van der Waals surface area contributed by atoms with Crippen LogP contribution in [0, 0.1) is 6.92 Å². The van der Waals surface area contributed by atoms with E-state index in [4.69, 9.17) is 15.2 Å². The highest BCUT2D eigenvalue weighted by atomic mass is 16.6. The number of aryl methyl sites for hydroxylation is 2. The molecule has 5 heterocycles. The number of amides is 1. The van der Waals surface area contributed by atoms with Crippen LogP contribution in [0.1, 0.15) is 11.4 Å². The number of hydrogen-bond acceptors (Lipinski definition) is 8. The third-order valence-electron chi connectivity index (χ3n) is 6.27. The van der Waals surface area contributed by atoms with Crippen molar-refractivity contribution >= 4 is 28.3 Å². The minimum absolute atomic E-state index is 0.0238. The predicted molar refractivity (Wildman–Crippen MR) is 129 cm³/mol. The normalized spacial score (nSPS) is 17.0. The number of nitrogens with zero attached hydrogens (tertiary/aromatic N) is 6. The van der Waals surface area contributed by atoms with Crippen molar-refractivity contribution in [3.05, 3.63) is 60.3 Å². The van der Waals surface area contributed by atoms with Gasteiger partial charge in [0.2, 0.25) is 0 Å². The van der Waals surface area contributed by atoms with E-state index in [2.05, 4.69) is 26.0 Å². The number of epoxide rings is 1. The minimum atomic E-state index is -0.304. The van der Waals surface area contributed by atoms with E-state index in [1.165, 1.54) is 6.33 Å². The fourth-order valence-corrected chi connectivity index (χ4v) is 4.49. The molecule has 0 aliphatic carbocycles. The zero-order valence-electron chi connectivity index (χ0n) is 19.3. The number of nitrogen functional groups attached to an aromatic ring is 1. The van der Waals surface area contributed by atoms with Crippen molar-refractivity contribution in [1.82, 2.24) is 29.4 Å². The topological polar surface area (TPSA) is 125 Å². The first-order valence-electron chi connectivity index (χ1n) is 11.3. The third-order valence-corrected chi connectivity index (χ3v) is 6.27. The molecule has 10 heteroatoms. The van der Waals surface area contributed by atoms with E-state index >= 15 is 0 Å². The van der Waals surface area contributed by atoms with Crippen LogP contribution < -0.4 is 10.5 Å². The summed E-state index contributed by atoms with van der Waals surface area (Å²) in [7, 11) is 1.95. The van der Waals surface area contributed by atoms with Gasteiger partial charge in [0.15, 0.2) is 6.10 Å². The Hall–Kier alpha value is -4.31. The fraction of sp³-hybridized carbons (Fsp3) is 0.240. The van der Waals surface area contributed by atoms with E-state index in [1.54, 1.807) is 6.20 Å². The first-order chi connectivity index (χ1) is 17.0. The number of nitrogens with two attached hydrogens (primary N) is 1. The Labute approximate surface area is 201 Å². The van der Waals surface area contributed by atoms with Gasteiger partial charge in [0, 0.05) is 37.6 Å². The number of fused-ring (bicyclic) bond motifs is 1. The number of hydrogen-bond donors (Lipinski definition) is 1. The van der Waals surface area contributed by atoms with Crippen LogP contribution in [0.2, 0.25) is 0 Å². The van der Waals surface area contributed by atoms with Gasteiger partial charge in [0.05, 0.1) is 17.7 Å². The second-order valence-electron chi connectivity index (χ2n) is 8.62. The van der Waals surface area contributed by atoms with E-state index in [9.17, 15) is 4.79 Å². The third kappa shape index (κ3) is 3.77. The van der Waals surface area contributed by atoms with E-state index in [1.807, 2.05) is 53.8 Å². The summed E-state index contributed by atoms with van der Waals surface area (Å²) in [5.41, 5.74) is 11.7. The molecule has 0 spiro atoms. The second kappa shape index (κ2) is 8.17. The molecule has 0 radical (unpaired) electrons. The zero-order chi connectivity index (χ0) is 24.1. The maximum Gasteiger partial charge on any atom is 0.322 e. The minimum Gasteiger partial charge on any atom is -0.424 e. The molecule has 0 bridgehead atoms. The van der Waals surface area contributed by atoms with Gasteiger partial charge in [0.1, 0.15) is 23.5 Å². The van der Waals surface area contributed by atoms with Gasteiger partial charge in [-0.15, -0.1) is 0 Å². The summed E-state index contributed by atoms with van der Waals surface area (Å²) in [4.78, 5) is 31.5. The Bertz CT molecular complexity index is 1490. The zero-order valence-corrected chi connectivity index (χ0v) is 19.3. The highest BCUT2D eigenvalue weighted by molar-refractivity contribution is 6.06. The molecule has 1 aromatic carbocycles. The molecule has 10 nitrogen and oxygen atoms in total. The summed E-state index contributed by atoms with van der Waals surface area (Å²) in [6.45, 7) is 3.42. The van der Waals surface area contributed by atoms with Gasteiger partial charge >= 0.3 is 6.01 Å². The lowest BCUT2D eigenvalue weighted by molar-refractivity contribution is -0.131. The van der Waals surface area contributed by atoms with Gasteiger partial charge in [-0.1, -0.05) is 18.2 Å². The maximum atomic E-state index is 12.6. The number of ether oxygens (including phenoxy) is 2. The van der Waals surface area contributed by atoms with Crippen molar-refractivity contribution in [3.63, 3.8) is 0 Å². The van der Waals surface area contributed by atoms with Crippen LogP contribution in [-0.4, -0.2) is 61.1 Å². The van der Waals surface area contributed by atoms with Crippen molar-refractivity contribution in [2.75, 3.05) is 25.4 Å². The molecule has 1 amide bonds. The molecular formula is C25H23N7O3. The summed E-state index contributed by atoms with van der Waals surface area (Å²) in [5, 5.41) is 0.775. The highest BCUT2D eigenvalue weighted by Gasteiger charge is 2.37. The van der Waals surface area contributed by atoms with Gasteiger partial charge < -0.3 is 24.7 Å². The summed E-state index contributed by atoms with van der Waals surface area (Å²) in [6.07, 6.45) is 4.90. The number of rotatable bonds is 5. The molecule has 3 aromatic heterocycles. The molecule has 2 aliphatic heterocycles. The average Bonchev–Trinajstić information content (AvgIpc) is 3.51. The molecule has 0 saturated carbocycles. The molecule has 176 valence electrons. The molecule has 4 aromatic rings. The van der Waals surface area contributed by atoms with Crippen LogP contribution >= 0.6 is 0 Å². The van der Waals surface area contributed by atoms with Gasteiger partial charge in [0.25, 0.3) is 5.91 Å². The molecule has 1 saturated heterocycles. The first kappa shape index (κ1) is 21.2. The lowest BCUT2D eigenvalue weighted by Crippen LogP contribution is -2.32. The lowest BCUT2D eigenvalue weighted by atomic mass is 9.99. The van der Waals surface area contributed by atoms with E-state index in [0.29, 0.717) is 37.3 Å². The van der Waals surface area contributed by atoms with Crippen LogP contribution in [0.4, 0.5) is 5.82 Å². The molecule has 2 N–H and O–H groups in total. The Morgan fingerprint density at radius 3 is 2.71 bits per heavy atom. The summed E-state index contributed by atoms with van der Waals surface area (Å²) in [5.74, 6) is 1.04. The van der Waals surface area contributed by atoms with E-state index < -0.39 is 0 Å². The van der Waals surface area contributed by atoms with Crippen molar-refractivity contribution in [2.45, 2.75) is 13.0 Å². The lowest BCUT2D eigenvalue weighted by Gasteiger charge is -2.16. The predicted octanol–water partition coefficient (Wildman–Crippen LogP) is 2.73.